The molecule has 0 aliphatic heterocycles. The molecule has 8 nitrogen and oxygen atoms in total. The van der Waals surface area contributed by atoms with Crippen LogP contribution in [0, 0.1) is 23.5 Å². The molecule has 0 heterocycles. The molecule has 2 aromatic rings. The van der Waals surface area contributed by atoms with Crippen LogP contribution in [0.2, 0.25) is 0 Å². The number of carboxylic acids is 1. The molecule has 43 heavy (non-hydrogen) atoms. The van der Waals surface area contributed by atoms with Crippen LogP contribution < -0.4 is 20.1 Å². The number of hydrogen-bond acceptors (Lipinski definition) is 5. The van der Waals surface area contributed by atoms with Crippen molar-refractivity contribution in [3.8, 4) is 11.5 Å². The zero-order valence-electron chi connectivity index (χ0n) is 22.6. The van der Waals surface area contributed by atoms with E-state index in [1.807, 2.05) is 0 Å². The van der Waals surface area contributed by atoms with E-state index in [2.05, 4.69) is 10.6 Å². The van der Waals surface area contributed by atoms with Gasteiger partial charge in [0.05, 0.1) is 36.2 Å². The molecule has 2 fully saturated rings. The van der Waals surface area contributed by atoms with E-state index in [1.54, 1.807) is 0 Å². The minimum atomic E-state index is -5.07. The van der Waals surface area contributed by atoms with Crippen molar-refractivity contribution in [1.29, 1.82) is 0 Å². The van der Waals surface area contributed by atoms with Gasteiger partial charge in [0.2, 0.25) is 5.91 Å². The maximum Gasteiger partial charge on any atom is 0.419 e. The van der Waals surface area contributed by atoms with Gasteiger partial charge in [-0.2, -0.15) is 13.2 Å². The molecule has 0 radical (unpaired) electrons. The van der Waals surface area contributed by atoms with Gasteiger partial charge in [-0.15, -0.1) is 0 Å². The zero-order chi connectivity index (χ0) is 31.7. The molecule has 234 valence electrons. The summed E-state index contributed by atoms with van der Waals surface area (Å²) >= 11 is 0. The molecular weight excluding hydrogens is 593 g/mol. The van der Waals surface area contributed by atoms with Gasteiger partial charge in [-0.25, -0.2) is 17.6 Å². The van der Waals surface area contributed by atoms with Gasteiger partial charge in [0.15, 0.2) is 11.6 Å². The summed E-state index contributed by atoms with van der Waals surface area (Å²) in [5.41, 5.74) is -2.46. The van der Waals surface area contributed by atoms with Crippen LogP contribution in [-0.4, -0.2) is 48.1 Å². The van der Waals surface area contributed by atoms with Crippen LogP contribution in [0.1, 0.15) is 54.4 Å². The summed E-state index contributed by atoms with van der Waals surface area (Å²) in [6.45, 7) is 0. The molecule has 4 rings (SSSR count). The van der Waals surface area contributed by atoms with Gasteiger partial charge in [-0.3, -0.25) is 14.4 Å². The monoisotopic (exact) mass is 620 g/mol. The van der Waals surface area contributed by atoms with Crippen molar-refractivity contribution in [2.24, 2.45) is 11.8 Å². The Morgan fingerprint density at radius 1 is 0.953 bits per heavy atom. The Morgan fingerprint density at radius 3 is 2.23 bits per heavy atom. The number of amides is 2. The van der Waals surface area contributed by atoms with Gasteiger partial charge >= 0.3 is 12.1 Å². The normalized spacial score (nSPS) is 23.3. The fourth-order valence-electron chi connectivity index (χ4n) is 5.32. The number of carboxylic acid groups (broad SMARTS) is 1. The Balaban J connectivity index is 1.51. The quantitative estimate of drug-likeness (QED) is 0.322. The summed E-state index contributed by atoms with van der Waals surface area (Å²) in [6.07, 6.45) is -6.39. The van der Waals surface area contributed by atoms with E-state index in [0.29, 0.717) is 37.8 Å². The van der Waals surface area contributed by atoms with E-state index in [-0.39, 0.29) is 17.1 Å². The van der Waals surface area contributed by atoms with Crippen LogP contribution in [0.4, 0.5) is 36.4 Å². The average Bonchev–Trinajstić information content (AvgIpc) is 3.23. The molecule has 2 aliphatic rings. The largest absolute Gasteiger partial charge is 0.496 e. The summed E-state index contributed by atoms with van der Waals surface area (Å²) < 4.78 is 107. The van der Waals surface area contributed by atoms with Crippen LogP contribution in [-0.2, 0) is 15.8 Å². The third-order valence-electron chi connectivity index (χ3n) is 7.53. The SMILES string of the molecule is COc1cc(F)c(OC2CCC(C(=O)O)CC2)cc1C(=O)NC1CC(F)(F)CC1C(=O)Nc1ccc(F)c(C(F)(F)F)c1. The molecule has 0 saturated heterocycles. The number of anilines is 1. The number of alkyl halides is 5. The molecule has 2 amide bonds. The Bertz CT molecular complexity index is 1390. The molecule has 3 N–H and O–H groups in total. The Labute approximate surface area is 240 Å². The highest BCUT2D eigenvalue weighted by Crippen LogP contribution is 2.41. The third kappa shape index (κ3) is 7.49. The maximum absolute atomic E-state index is 14.8. The van der Waals surface area contributed by atoms with Crippen molar-refractivity contribution < 1.29 is 59.7 Å². The van der Waals surface area contributed by atoms with Crippen LogP contribution in [0.5, 0.6) is 11.5 Å². The first kappa shape index (κ1) is 31.9. The number of nitrogens with one attached hydrogen (secondary N) is 2. The van der Waals surface area contributed by atoms with E-state index in [9.17, 15) is 45.1 Å². The molecule has 15 heteroatoms. The van der Waals surface area contributed by atoms with Gasteiger partial charge < -0.3 is 25.2 Å². The van der Waals surface area contributed by atoms with Crippen molar-refractivity contribution in [1.82, 2.24) is 5.32 Å². The molecule has 2 aliphatic carbocycles. The lowest BCUT2D eigenvalue weighted by Gasteiger charge is -2.27. The standard InChI is InChI=1S/C28H27F7N2O6/c1-42-22-10-20(30)23(43-15-5-2-13(3-6-15)26(40)41)9-16(22)24(38)37-21-12-27(31,32)11-17(21)25(39)36-14-4-7-19(29)18(8-14)28(33,34)35/h4,7-10,13,15,17,21H,2-3,5-6,11-12H2,1H3,(H,36,39)(H,37,38)(H,40,41). The van der Waals surface area contributed by atoms with Gasteiger partial charge in [-0.1, -0.05) is 0 Å². The summed E-state index contributed by atoms with van der Waals surface area (Å²) in [5, 5.41) is 13.5. The molecule has 0 aromatic heterocycles. The molecular formula is C28H27F7N2O6. The Morgan fingerprint density at radius 2 is 1.63 bits per heavy atom. The lowest BCUT2D eigenvalue weighted by atomic mass is 9.87. The number of benzene rings is 2. The lowest BCUT2D eigenvalue weighted by Crippen LogP contribution is -2.42. The van der Waals surface area contributed by atoms with Crippen LogP contribution in [0.25, 0.3) is 0 Å². The van der Waals surface area contributed by atoms with E-state index in [4.69, 9.17) is 14.6 Å². The van der Waals surface area contributed by atoms with Gasteiger partial charge in [0.25, 0.3) is 11.8 Å². The smallest absolute Gasteiger partial charge is 0.419 e. The van der Waals surface area contributed by atoms with Crippen molar-refractivity contribution in [3.05, 3.63) is 53.1 Å². The van der Waals surface area contributed by atoms with E-state index in [0.717, 1.165) is 25.3 Å². The number of halogens is 7. The lowest BCUT2D eigenvalue weighted by molar-refractivity contribution is -0.143. The fraction of sp³-hybridized carbons (Fsp3) is 0.464. The fourth-order valence-corrected chi connectivity index (χ4v) is 5.32. The molecule has 0 bridgehead atoms. The van der Waals surface area contributed by atoms with E-state index >= 15 is 0 Å². The van der Waals surface area contributed by atoms with Gasteiger partial charge in [0, 0.05) is 30.6 Å². The predicted octanol–water partition coefficient (Wildman–Crippen LogP) is 5.80. The van der Waals surface area contributed by atoms with Crippen LogP contribution >= 0.6 is 0 Å². The highest BCUT2D eigenvalue weighted by molar-refractivity contribution is 5.99. The first-order valence-electron chi connectivity index (χ1n) is 13.2. The Kier molecular flexibility index (Phi) is 9.11. The zero-order valence-corrected chi connectivity index (χ0v) is 22.6. The predicted molar refractivity (Wildman–Crippen MR) is 136 cm³/mol. The molecule has 2 saturated carbocycles. The summed E-state index contributed by atoms with van der Waals surface area (Å²) in [7, 11) is 1.14. The van der Waals surface area contributed by atoms with Crippen molar-refractivity contribution in [3.63, 3.8) is 0 Å². The minimum absolute atomic E-state index is 0.270. The van der Waals surface area contributed by atoms with Crippen LogP contribution in [0.15, 0.2) is 30.3 Å². The van der Waals surface area contributed by atoms with Gasteiger partial charge in [0.1, 0.15) is 11.6 Å². The number of aliphatic carboxylic acids is 1. The first-order valence-corrected chi connectivity index (χ1v) is 13.2. The summed E-state index contributed by atoms with van der Waals surface area (Å²) in [4.78, 5) is 37.3. The van der Waals surface area contributed by atoms with E-state index in [1.165, 1.54) is 0 Å². The van der Waals surface area contributed by atoms with E-state index < -0.39 is 89.6 Å². The van der Waals surface area contributed by atoms with Crippen molar-refractivity contribution in [2.45, 2.75) is 62.8 Å². The minimum Gasteiger partial charge on any atom is -0.496 e. The highest BCUT2D eigenvalue weighted by atomic mass is 19.4. The third-order valence-corrected chi connectivity index (χ3v) is 7.53. The number of ether oxygens (including phenoxy) is 2. The van der Waals surface area contributed by atoms with Crippen molar-refractivity contribution in [2.75, 3.05) is 12.4 Å². The number of carbonyl (C=O) groups is 3. The Hall–Kier alpha value is -4.04. The topological polar surface area (TPSA) is 114 Å². The highest BCUT2D eigenvalue weighted by Gasteiger charge is 2.50. The van der Waals surface area contributed by atoms with Gasteiger partial charge in [-0.05, 0) is 49.9 Å². The molecule has 2 aromatic carbocycles. The maximum atomic E-state index is 14.8. The van der Waals surface area contributed by atoms with Crippen LogP contribution in [0.3, 0.4) is 0 Å². The number of rotatable bonds is 8. The number of hydrogen-bond donors (Lipinski definition) is 3. The summed E-state index contributed by atoms with van der Waals surface area (Å²) in [5.74, 6) is -11.8. The number of methoxy groups -OCH3 is 1. The average molecular weight is 621 g/mol. The summed E-state index contributed by atoms with van der Waals surface area (Å²) in [6, 6.07) is 2.00. The molecule has 2 atom stereocenters. The first-order chi connectivity index (χ1) is 20.1. The number of carbonyl (C=O) groups excluding carboxylic acids is 2. The second-order valence-electron chi connectivity index (χ2n) is 10.5. The second kappa shape index (κ2) is 12.3. The van der Waals surface area contributed by atoms with Crippen molar-refractivity contribution >= 4 is 23.5 Å². The second-order valence-corrected chi connectivity index (χ2v) is 10.5. The molecule has 0 spiro atoms. The molecule has 2 unspecified atom stereocenters.